The fraction of sp³-hybridized carbons (Fsp3) is 0.0500. The van der Waals surface area contributed by atoms with Crippen LogP contribution in [0, 0.1) is 0 Å². The standard InChI is InChI=1S/C20H14N2O3S/c1-25-19(24)14-8-6-13(7-9-14)18(23)22-20-21-17-15-5-3-2-4-12(15)10-11-16(17)26-20/h2-11H,1H3,(H,21,22,23). The smallest absolute Gasteiger partial charge is 0.337 e. The Morgan fingerprint density at radius 1 is 0.962 bits per heavy atom. The molecule has 1 heterocycles. The Bertz CT molecular complexity index is 1130. The van der Waals surface area contributed by atoms with E-state index in [1.54, 1.807) is 24.3 Å². The maximum absolute atomic E-state index is 12.4. The summed E-state index contributed by atoms with van der Waals surface area (Å²) in [6.45, 7) is 0. The lowest BCUT2D eigenvalue weighted by Crippen LogP contribution is -2.12. The molecule has 4 aromatic rings. The number of rotatable bonds is 3. The Morgan fingerprint density at radius 2 is 1.69 bits per heavy atom. The number of thiazole rings is 1. The first-order valence-corrected chi connectivity index (χ1v) is 8.75. The average Bonchev–Trinajstić information content (AvgIpc) is 3.10. The maximum atomic E-state index is 12.4. The molecule has 6 heteroatoms. The SMILES string of the molecule is COC(=O)c1ccc(C(=O)Nc2nc3c(ccc4ccccc43)s2)cc1. The maximum Gasteiger partial charge on any atom is 0.337 e. The Labute approximate surface area is 153 Å². The summed E-state index contributed by atoms with van der Waals surface area (Å²) in [7, 11) is 1.32. The number of carbonyl (C=O) groups excluding carboxylic acids is 2. The molecule has 0 bridgehead atoms. The van der Waals surface area contributed by atoms with E-state index in [0.29, 0.717) is 16.3 Å². The zero-order valence-electron chi connectivity index (χ0n) is 13.9. The average molecular weight is 362 g/mol. The normalized spacial score (nSPS) is 10.8. The number of hydrogen-bond donors (Lipinski definition) is 1. The largest absolute Gasteiger partial charge is 0.465 e. The molecule has 1 aromatic heterocycles. The molecule has 26 heavy (non-hydrogen) atoms. The molecular weight excluding hydrogens is 348 g/mol. The zero-order valence-corrected chi connectivity index (χ0v) is 14.7. The van der Waals surface area contributed by atoms with Crippen LogP contribution in [0.4, 0.5) is 5.13 Å². The van der Waals surface area contributed by atoms with E-state index in [0.717, 1.165) is 21.0 Å². The molecule has 0 radical (unpaired) electrons. The summed E-state index contributed by atoms with van der Waals surface area (Å²) in [4.78, 5) is 28.5. The van der Waals surface area contributed by atoms with Gasteiger partial charge in [-0.25, -0.2) is 9.78 Å². The van der Waals surface area contributed by atoms with E-state index in [1.165, 1.54) is 18.4 Å². The van der Waals surface area contributed by atoms with E-state index in [4.69, 9.17) is 0 Å². The van der Waals surface area contributed by atoms with Gasteiger partial charge >= 0.3 is 5.97 Å². The number of esters is 1. The molecule has 0 atom stereocenters. The third kappa shape index (κ3) is 2.91. The molecule has 0 unspecified atom stereocenters. The summed E-state index contributed by atoms with van der Waals surface area (Å²) >= 11 is 1.43. The molecule has 128 valence electrons. The number of carbonyl (C=O) groups is 2. The Balaban J connectivity index is 1.61. The van der Waals surface area contributed by atoms with Crippen LogP contribution in [0.25, 0.3) is 21.0 Å². The molecule has 0 saturated heterocycles. The third-order valence-electron chi connectivity index (χ3n) is 4.07. The highest BCUT2D eigenvalue weighted by molar-refractivity contribution is 7.22. The summed E-state index contributed by atoms with van der Waals surface area (Å²) in [5.74, 6) is -0.709. The van der Waals surface area contributed by atoms with Crippen LogP contribution in [-0.4, -0.2) is 24.0 Å². The van der Waals surface area contributed by atoms with Gasteiger partial charge in [0, 0.05) is 10.9 Å². The van der Waals surface area contributed by atoms with Crippen molar-refractivity contribution in [2.75, 3.05) is 12.4 Å². The van der Waals surface area contributed by atoms with E-state index in [2.05, 4.69) is 15.0 Å². The van der Waals surface area contributed by atoms with Gasteiger partial charge in [-0.15, -0.1) is 0 Å². The summed E-state index contributed by atoms with van der Waals surface area (Å²) in [6, 6.07) is 18.4. The molecule has 1 amide bonds. The first-order chi connectivity index (χ1) is 12.7. The van der Waals surface area contributed by atoms with E-state index in [-0.39, 0.29) is 5.91 Å². The van der Waals surface area contributed by atoms with Crippen molar-refractivity contribution in [1.29, 1.82) is 0 Å². The van der Waals surface area contributed by atoms with Crippen LogP contribution in [0.2, 0.25) is 0 Å². The number of benzene rings is 3. The van der Waals surface area contributed by atoms with Crippen molar-refractivity contribution in [3.63, 3.8) is 0 Å². The van der Waals surface area contributed by atoms with Crippen molar-refractivity contribution in [3.05, 3.63) is 71.8 Å². The number of nitrogens with one attached hydrogen (secondary N) is 1. The molecule has 4 rings (SSSR count). The van der Waals surface area contributed by atoms with Crippen molar-refractivity contribution in [2.24, 2.45) is 0 Å². The van der Waals surface area contributed by atoms with Crippen molar-refractivity contribution in [1.82, 2.24) is 4.98 Å². The van der Waals surface area contributed by atoms with Crippen molar-refractivity contribution < 1.29 is 14.3 Å². The van der Waals surface area contributed by atoms with Crippen molar-refractivity contribution in [3.8, 4) is 0 Å². The van der Waals surface area contributed by atoms with Gasteiger partial charge in [-0.05, 0) is 35.7 Å². The fourth-order valence-corrected chi connectivity index (χ4v) is 3.64. The summed E-state index contributed by atoms with van der Waals surface area (Å²) in [5, 5.41) is 5.54. The molecule has 0 aliphatic carbocycles. The topological polar surface area (TPSA) is 68.3 Å². The van der Waals surface area contributed by atoms with E-state index in [9.17, 15) is 9.59 Å². The Kier molecular flexibility index (Phi) is 4.10. The predicted octanol–water partition coefficient (Wildman–Crippen LogP) is 4.49. The molecule has 0 spiro atoms. The van der Waals surface area contributed by atoms with Crippen LogP contribution in [0.3, 0.4) is 0 Å². The van der Waals surface area contributed by atoms with E-state index in [1.807, 2.05) is 36.4 Å². The monoisotopic (exact) mass is 362 g/mol. The molecule has 0 saturated carbocycles. The van der Waals surface area contributed by atoms with Crippen LogP contribution in [-0.2, 0) is 4.74 Å². The quantitative estimate of drug-likeness (QED) is 0.545. The molecule has 5 nitrogen and oxygen atoms in total. The minimum atomic E-state index is -0.435. The molecule has 0 fully saturated rings. The van der Waals surface area contributed by atoms with Crippen molar-refractivity contribution >= 4 is 49.3 Å². The predicted molar refractivity (Wildman–Crippen MR) is 103 cm³/mol. The van der Waals surface area contributed by atoms with Crippen molar-refractivity contribution in [2.45, 2.75) is 0 Å². The van der Waals surface area contributed by atoms with Crippen LogP contribution in [0.5, 0.6) is 0 Å². The summed E-state index contributed by atoms with van der Waals surface area (Å²) in [5.41, 5.74) is 1.72. The minimum Gasteiger partial charge on any atom is -0.465 e. The van der Waals surface area contributed by atoms with Gasteiger partial charge in [-0.3, -0.25) is 10.1 Å². The van der Waals surface area contributed by atoms with Gasteiger partial charge in [0.1, 0.15) is 0 Å². The lowest BCUT2D eigenvalue weighted by molar-refractivity contribution is 0.0600. The Morgan fingerprint density at radius 3 is 2.46 bits per heavy atom. The highest BCUT2D eigenvalue weighted by atomic mass is 32.1. The van der Waals surface area contributed by atoms with Gasteiger partial charge in [0.2, 0.25) is 0 Å². The molecule has 1 N–H and O–H groups in total. The van der Waals surface area contributed by atoms with Gasteiger partial charge in [-0.1, -0.05) is 41.7 Å². The third-order valence-corrected chi connectivity index (χ3v) is 5.01. The minimum absolute atomic E-state index is 0.273. The number of ether oxygens (including phenoxy) is 1. The number of amides is 1. The first-order valence-electron chi connectivity index (χ1n) is 7.94. The van der Waals surface area contributed by atoms with E-state index < -0.39 is 5.97 Å². The number of fused-ring (bicyclic) bond motifs is 3. The second-order valence-corrected chi connectivity index (χ2v) is 6.71. The number of nitrogens with zero attached hydrogens (tertiary/aromatic N) is 1. The second-order valence-electron chi connectivity index (χ2n) is 5.68. The van der Waals surface area contributed by atoms with E-state index >= 15 is 0 Å². The number of aromatic nitrogens is 1. The van der Waals surface area contributed by atoms with Crippen LogP contribution >= 0.6 is 11.3 Å². The lowest BCUT2D eigenvalue weighted by Gasteiger charge is -2.03. The van der Waals surface area contributed by atoms with Gasteiger partial charge in [0.05, 0.1) is 22.9 Å². The highest BCUT2D eigenvalue weighted by Gasteiger charge is 2.12. The summed E-state index contributed by atoms with van der Waals surface area (Å²) < 4.78 is 5.67. The zero-order chi connectivity index (χ0) is 18.1. The van der Waals surface area contributed by atoms with Gasteiger partial charge < -0.3 is 4.74 Å². The van der Waals surface area contributed by atoms with Gasteiger partial charge in [0.25, 0.3) is 5.91 Å². The second kappa shape index (κ2) is 6.57. The van der Waals surface area contributed by atoms with Crippen LogP contribution in [0.1, 0.15) is 20.7 Å². The fourth-order valence-electron chi connectivity index (χ4n) is 2.76. The van der Waals surface area contributed by atoms with Crippen LogP contribution < -0.4 is 5.32 Å². The van der Waals surface area contributed by atoms with Gasteiger partial charge in [0.15, 0.2) is 5.13 Å². The molecule has 0 aliphatic rings. The Hall–Kier alpha value is -3.25. The molecular formula is C20H14N2O3S. The first kappa shape index (κ1) is 16.2. The summed E-state index contributed by atoms with van der Waals surface area (Å²) in [6.07, 6.45) is 0. The number of hydrogen-bond acceptors (Lipinski definition) is 5. The molecule has 3 aromatic carbocycles. The highest BCUT2D eigenvalue weighted by Crippen LogP contribution is 2.31. The van der Waals surface area contributed by atoms with Gasteiger partial charge in [-0.2, -0.15) is 0 Å². The van der Waals surface area contributed by atoms with Crippen LogP contribution in [0.15, 0.2) is 60.7 Å². The number of methoxy groups -OCH3 is 1. The number of anilines is 1. The molecule has 0 aliphatic heterocycles. The lowest BCUT2D eigenvalue weighted by atomic mass is 10.1.